The lowest BCUT2D eigenvalue weighted by Gasteiger charge is -2.54. The number of benzene rings is 1. The average molecular weight is 732 g/mol. The molecule has 0 radical (unpaired) electrons. The Bertz CT molecular complexity index is 1600. The maximum absolute atomic E-state index is 14.4. The van der Waals surface area contributed by atoms with E-state index >= 15 is 0 Å². The highest BCUT2D eigenvalue weighted by atomic mass is 32.2. The molecule has 4 aliphatic heterocycles. The van der Waals surface area contributed by atoms with Crippen molar-refractivity contribution in [3.8, 4) is 11.5 Å². The molecule has 5 heterocycles. The summed E-state index contributed by atoms with van der Waals surface area (Å²) in [7, 11) is -1.98. The van der Waals surface area contributed by atoms with Crippen molar-refractivity contribution in [2.75, 3.05) is 64.5 Å². The fourth-order valence-electron chi connectivity index (χ4n) is 8.23. The molecule has 0 aliphatic carbocycles. The minimum atomic E-state index is -3.58. The minimum absolute atomic E-state index is 0.0707. The molecule has 2 aromatic rings. The number of aromatic nitrogens is 2. The topological polar surface area (TPSA) is 130 Å². The van der Waals surface area contributed by atoms with E-state index < -0.39 is 16.0 Å². The van der Waals surface area contributed by atoms with Gasteiger partial charge in [0.15, 0.2) is 11.6 Å². The van der Waals surface area contributed by atoms with Crippen LogP contribution in [-0.4, -0.2) is 128 Å². The number of amides is 1. The fraction of sp³-hybridized carbons (Fsp3) is 0.694. The Kier molecular flexibility index (Phi) is 11.8. The number of carbonyl (C=O) groups excluding carboxylic acids is 1. The first-order valence-electron chi connectivity index (χ1n) is 18.3. The number of hydrogen-bond acceptors (Lipinski definition) is 10. The highest BCUT2D eigenvalue weighted by Gasteiger charge is 2.46. The van der Waals surface area contributed by atoms with Crippen molar-refractivity contribution >= 4 is 21.9 Å². The number of ether oxygens (including phenoxy) is 3. The maximum atomic E-state index is 14.4. The van der Waals surface area contributed by atoms with Crippen LogP contribution in [0.2, 0.25) is 0 Å². The molecule has 13 nitrogen and oxygen atoms in total. The van der Waals surface area contributed by atoms with Crippen LogP contribution >= 0.6 is 0 Å². The van der Waals surface area contributed by atoms with Gasteiger partial charge in [0.1, 0.15) is 17.9 Å². The average Bonchev–Trinajstić information content (AvgIpc) is 3.55. The van der Waals surface area contributed by atoms with E-state index in [1.807, 2.05) is 27.7 Å². The van der Waals surface area contributed by atoms with Crippen LogP contribution in [-0.2, 0) is 19.7 Å². The number of nitrogens with one attached hydrogen (secondary N) is 1. The Hall–Kier alpha value is -2.95. The number of rotatable bonds is 13. The van der Waals surface area contributed by atoms with Crippen molar-refractivity contribution < 1.29 is 31.8 Å². The molecule has 51 heavy (non-hydrogen) atoms. The molecule has 0 saturated carbocycles. The molecule has 3 atom stereocenters. The van der Waals surface area contributed by atoms with Crippen LogP contribution in [0.5, 0.6) is 11.5 Å². The van der Waals surface area contributed by atoms with Crippen LogP contribution in [0, 0.1) is 11.2 Å². The molecule has 1 N–H and O–H groups in total. The first kappa shape index (κ1) is 37.8. The molecule has 4 saturated heterocycles. The number of carbonyl (C=O) groups is 1. The van der Waals surface area contributed by atoms with Crippen LogP contribution in [0.3, 0.4) is 0 Å². The minimum Gasteiger partial charge on any atom is -0.451 e. The normalized spacial score (nSPS) is 24.3. The van der Waals surface area contributed by atoms with Gasteiger partial charge in [-0.3, -0.25) is 4.79 Å². The summed E-state index contributed by atoms with van der Waals surface area (Å²) in [4.78, 5) is 28.7. The van der Waals surface area contributed by atoms with E-state index in [1.165, 1.54) is 24.5 Å². The lowest BCUT2D eigenvalue weighted by atomic mass is 9.72. The number of nitrogens with zero attached hydrogens (tertiary/aromatic N) is 6. The van der Waals surface area contributed by atoms with E-state index in [-0.39, 0.29) is 52.9 Å². The van der Waals surface area contributed by atoms with Crippen LogP contribution < -0.4 is 14.4 Å². The van der Waals surface area contributed by atoms with Gasteiger partial charge in [-0.25, -0.2) is 14.4 Å². The van der Waals surface area contributed by atoms with Crippen LogP contribution in [0.1, 0.15) is 76.6 Å². The molecular weight excluding hydrogens is 678 g/mol. The number of anilines is 1. The smallest absolute Gasteiger partial charge is 0.280 e. The first-order chi connectivity index (χ1) is 24.4. The van der Waals surface area contributed by atoms with Crippen molar-refractivity contribution in [1.29, 1.82) is 0 Å². The van der Waals surface area contributed by atoms with E-state index in [9.17, 15) is 17.6 Å². The Morgan fingerprint density at radius 2 is 1.84 bits per heavy atom. The number of halogens is 1. The second-order valence-corrected chi connectivity index (χ2v) is 16.9. The van der Waals surface area contributed by atoms with E-state index in [2.05, 4.69) is 24.5 Å². The Morgan fingerprint density at radius 3 is 2.51 bits per heavy atom. The largest absolute Gasteiger partial charge is 0.451 e. The maximum Gasteiger partial charge on any atom is 0.280 e. The molecule has 6 rings (SSSR count). The van der Waals surface area contributed by atoms with E-state index in [1.54, 1.807) is 22.5 Å². The third-order valence-corrected chi connectivity index (χ3v) is 12.5. The fourth-order valence-corrected chi connectivity index (χ4v) is 9.91. The summed E-state index contributed by atoms with van der Waals surface area (Å²) in [6, 6.07) is 3.55. The molecule has 1 aromatic carbocycles. The van der Waals surface area contributed by atoms with Crippen LogP contribution in [0.25, 0.3) is 0 Å². The molecule has 1 aromatic heterocycles. The van der Waals surface area contributed by atoms with Gasteiger partial charge in [-0.1, -0.05) is 0 Å². The molecule has 1 amide bonds. The van der Waals surface area contributed by atoms with Gasteiger partial charge >= 0.3 is 0 Å². The van der Waals surface area contributed by atoms with Gasteiger partial charge in [0.25, 0.3) is 16.1 Å². The van der Waals surface area contributed by atoms with E-state index in [0.29, 0.717) is 31.3 Å². The second kappa shape index (κ2) is 16.0. The molecule has 282 valence electrons. The highest BCUT2D eigenvalue weighted by Crippen LogP contribution is 2.45. The molecule has 1 unspecified atom stereocenters. The van der Waals surface area contributed by atoms with Crippen molar-refractivity contribution in [3.63, 3.8) is 0 Å². The Morgan fingerprint density at radius 1 is 1.10 bits per heavy atom. The van der Waals surface area contributed by atoms with Crippen molar-refractivity contribution in [2.24, 2.45) is 5.41 Å². The van der Waals surface area contributed by atoms with Gasteiger partial charge in [0.2, 0.25) is 0 Å². The standard InChI is InChI=1S/C36H54FN7O6S/c1-25(2)44(26(3)4)35(45)31-17-27(37)8-11-32(31)50-33-18-38-24-39-34(33)42-22-36(23-42)12-15-41(16-13-36)19-30-10-9-28(20-49-30)40-51(46,47)43-14-6-7-29(43)21-48-5/h8,11,17-18,24-26,28-30,40H,6-7,9-10,12-16,19-23H2,1-5H3/t28-,29?,30+/m1/s1. The molecule has 15 heteroatoms. The third kappa shape index (κ3) is 8.65. The summed E-state index contributed by atoms with van der Waals surface area (Å²) in [6.45, 7) is 13.5. The van der Waals surface area contributed by atoms with Crippen LogP contribution in [0.4, 0.5) is 10.2 Å². The van der Waals surface area contributed by atoms with Gasteiger partial charge in [0, 0.05) is 62.9 Å². The van der Waals surface area contributed by atoms with Crippen molar-refractivity contribution in [2.45, 2.75) is 96.5 Å². The Labute approximate surface area is 302 Å². The monoisotopic (exact) mass is 731 g/mol. The van der Waals surface area contributed by atoms with Gasteiger partial charge in [-0.05, 0) is 97.5 Å². The quantitative estimate of drug-likeness (QED) is 0.322. The zero-order valence-corrected chi connectivity index (χ0v) is 31.4. The second-order valence-electron chi connectivity index (χ2n) is 15.2. The number of hydrogen-bond donors (Lipinski definition) is 1. The molecule has 4 fully saturated rings. The summed E-state index contributed by atoms with van der Waals surface area (Å²) in [6.07, 6.45) is 8.52. The first-order valence-corrected chi connectivity index (χ1v) is 19.8. The van der Waals surface area contributed by atoms with Crippen molar-refractivity contribution in [3.05, 3.63) is 42.1 Å². The number of likely N-dealkylation sites (tertiary alicyclic amines) is 1. The summed E-state index contributed by atoms with van der Waals surface area (Å²) < 4.78 is 62.6. The zero-order valence-electron chi connectivity index (χ0n) is 30.6. The molecule has 1 spiro atoms. The van der Waals surface area contributed by atoms with Gasteiger partial charge in [-0.15, -0.1) is 0 Å². The third-order valence-electron chi connectivity index (χ3n) is 10.8. The highest BCUT2D eigenvalue weighted by molar-refractivity contribution is 7.87. The van der Waals surface area contributed by atoms with Gasteiger partial charge in [0.05, 0.1) is 31.1 Å². The summed E-state index contributed by atoms with van der Waals surface area (Å²) in [5, 5.41) is 0. The number of methoxy groups -OCH3 is 1. The van der Waals surface area contributed by atoms with E-state index in [0.717, 1.165) is 71.2 Å². The predicted molar refractivity (Wildman–Crippen MR) is 192 cm³/mol. The molecular formula is C36H54FN7O6S. The van der Waals surface area contributed by atoms with Gasteiger partial charge in [-0.2, -0.15) is 17.4 Å². The summed E-state index contributed by atoms with van der Waals surface area (Å²) >= 11 is 0. The van der Waals surface area contributed by atoms with Crippen LogP contribution in [0.15, 0.2) is 30.7 Å². The summed E-state index contributed by atoms with van der Waals surface area (Å²) in [5.74, 6) is 0.555. The SMILES string of the molecule is COCC1CCCN1S(=O)(=O)N[C@@H]1CC[C@@H](CN2CCC3(CC2)CN(c2ncncc2Oc2ccc(F)cc2C(=O)N(C(C)C)C(C)C)C3)OC1. The van der Waals surface area contributed by atoms with Crippen molar-refractivity contribution in [1.82, 2.24) is 28.8 Å². The predicted octanol–water partition coefficient (Wildman–Crippen LogP) is 4.06. The lowest BCUT2D eigenvalue weighted by molar-refractivity contribution is -0.0301. The molecule has 0 bridgehead atoms. The van der Waals surface area contributed by atoms with E-state index in [4.69, 9.17) is 14.2 Å². The summed E-state index contributed by atoms with van der Waals surface area (Å²) in [5.41, 5.74) is 0.342. The zero-order chi connectivity index (χ0) is 36.3. The lowest BCUT2D eigenvalue weighted by Crippen LogP contribution is -2.61. The number of piperidine rings is 1. The molecule has 4 aliphatic rings. The van der Waals surface area contributed by atoms with Gasteiger partial charge < -0.3 is 28.9 Å². The Balaban J connectivity index is 0.991.